The van der Waals surface area contributed by atoms with Crippen molar-refractivity contribution in [2.75, 3.05) is 31.7 Å². The number of nitro groups is 1. The molecule has 2 N–H and O–H groups in total. The highest BCUT2D eigenvalue weighted by Crippen LogP contribution is 2.27. The fourth-order valence-electron chi connectivity index (χ4n) is 1.87. The molecule has 7 nitrogen and oxygen atoms in total. The zero-order valence-corrected chi connectivity index (χ0v) is 11.4. The molecule has 0 saturated heterocycles. The summed E-state index contributed by atoms with van der Waals surface area (Å²) in [5.74, 6) is 0. The second-order valence-electron chi connectivity index (χ2n) is 5.05. The molecule has 0 aromatic heterocycles. The van der Waals surface area contributed by atoms with E-state index in [0.717, 1.165) is 0 Å². The molecule has 0 spiro atoms. The Kier molecular flexibility index (Phi) is 5.02. The van der Waals surface area contributed by atoms with Crippen LogP contribution < -0.4 is 4.90 Å². The van der Waals surface area contributed by atoms with Gasteiger partial charge in [-0.15, -0.1) is 0 Å². The molecule has 0 amide bonds. The van der Waals surface area contributed by atoms with Crippen molar-refractivity contribution in [3.8, 4) is 6.07 Å². The predicted octanol–water partition coefficient (Wildman–Crippen LogP) is 0.894. The second-order valence-corrected chi connectivity index (χ2v) is 5.05. The van der Waals surface area contributed by atoms with Crippen LogP contribution in [0.15, 0.2) is 18.2 Å². The minimum atomic E-state index is -0.719. The Balaban J connectivity index is 3.08. The largest absolute Gasteiger partial charge is 0.396 e. The molecule has 7 heteroatoms. The summed E-state index contributed by atoms with van der Waals surface area (Å²) in [6, 6.07) is 5.95. The van der Waals surface area contributed by atoms with Crippen LogP contribution in [0.5, 0.6) is 0 Å². The summed E-state index contributed by atoms with van der Waals surface area (Å²) in [5.41, 5.74) is -0.166. The van der Waals surface area contributed by atoms with Gasteiger partial charge in [-0.2, -0.15) is 5.26 Å². The number of benzene rings is 1. The van der Waals surface area contributed by atoms with Crippen LogP contribution in [0.1, 0.15) is 12.5 Å². The minimum Gasteiger partial charge on any atom is -0.396 e. The standard InChI is InChI=1S/C13H17N3O4/c1-13(8-17,9-18)7-15(2)12-4-3-11(16(19)20)5-10(12)6-14/h3-5,17-18H,7-9H2,1-2H3. The Hall–Kier alpha value is -2.17. The average Bonchev–Trinajstić information content (AvgIpc) is 2.46. The first-order chi connectivity index (χ1) is 9.36. The molecular weight excluding hydrogens is 262 g/mol. The van der Waals surface area contributed by atoms with Crippen molar-refractivity contribution in [1.29, 1.82) is 5.26 Å². The molecule has 0 aliphatic rings. The predicted molar refractivity (Wildman–Crippen MR) is 73.4 cm³/mol. The molecule has 1 aromatic carbocycles. The fourth-order valence-corrected chi connectivity index (χ4v) is 1.87. The van der Waals surface area contributed by atoms with Gasteiger partial charge in [0.15, 0.2) is 0 Å². The molecule has 1 rings (SSSR count). The highest BCUT2D eigenvalue weighted by molar-refractivity contribution is 5.62. The van der Waals surface area contributed by atoms with Gasteiger partial charge >= 0.3 is 0 Å². The van der Waals surface area contributed by atoms with Gasteiger partial charge < -0.3 is 15.1 Å². The molecular formula is C13H17N3O4. The van der Waals surface area contributed by atoms with Gasteiger partial charge in [-0.25, -0.2) is 0 Å². The number of hydrogen-bond acceptors (Lipinski definition) is 6. The molecule has 0 aliphatic carbocycles. The van der Waals surface area contributed by atoms with E-state index in [4.69, 9.17) is 5.26 Å². The quantitative estimate of drug-likeness (QED) is 0.591. The number of anilines is 1. The van der Waals surface area contributed by atoms with Gasteiger partial charge in [-0.3, -0.25) is 10.1 Å². The normalized spacial score (nSPS) is 10.9. The number of rotatable bonds is 6. The summed E-state index contributed by atoms with van der Waals surface area (Å²) in [6.07, 6.45) is 0. The maximum atomic E-state index is 10.7. The Labute approximate surface area is 116 Å². The third-order valence-corrected chi connectivity index (χ3v) is 3.10. The molecule has 108 valence electrons. The van der Waals surface area contributed by atoms with Crippen molar-refractivity contribution < 1.29 is 15.1 Å². The van der Waals surface area contributed by atoms with Crippen LogP contribution in [0.3, 0.4) is 0 Å². The molecule has 20 heavy (non-hydrogen) atoms. The molecule has 0 radical (unpaired) electrons. The maximum Gasteiger partial charge on any atom is 0.270 e. The van der Waals surface area contributed by atoms with Crippen LogP contribution in [0.2, 0.25) is 0 Å². The van der Waals surface area contributed by atoms with Crippen molar-refractivity contribution in [3.05, 3.63) is 33.9 Å². The lowest BCUT2D eigenvalue weighted by Crippen LogP contribution is -2.39. The van der Waals surface area contributed by atoms with Crippen molar-refractivity contribution in [1.82, 2.24) is 0 Å². The van der Waals surface area contributed by atoms with E-state index in [2.05, 4.69) is 0 Å². The highest BCUT2D eigenvalue weighted by atomic mass is 16.6. The monoisotopic (exact) mass is 279 g/mol. The minimum absolute atomic E-state index is 0.147. The molecule has 0 saturated carbocycles. The van der Waals surface area contributed by atoms with E-state index in [0.29, 0.717) is 12.2 Å². The Morgan fingerprint density at radius 2 is 2.05 bits per heavy atom. The Morgan fingerprint density at radius 3 is 2.50 bits per heavy atom. The maximum absolute atomic E-state index is 10.7. The van der Waals surface area contributed by atoms with E-state index in [1.807, 2.05) is 6.07 Å². The summed E-state index contributed by atoms with van der Waals surface area (Å²) in [6.45, 7) is 1.61. The van der Waals surface area contributed by atoms with Crippen LogP contribution in [0.25, 0.3) is 0 Å². The van der Waals surface area contributed by atoms with Gasteiger partial charge in [0, 0.05) is 31.1 Å². The number of hydrogen-bond donors (Lipinski definition) is 2. The molecule has 0 atom stereocenters. The average molecular weight is 279 g/mol. The zero-order valence-electron chi connectivity index (χ0n) is 11.4. The van der Waals surface area contributed by atoms with Gasteiger partial charge in [0.1, 0.15) is 6.07 Å². The SMILES string of the molecule is CN(CC(C)(CO)CO)c1ccc([N+](=O)[O-])cc1C#N. The van der Waals surface area contributed by atoms with E-state index in [1.54, 1.807) is 18.9 Å². The topological polar surface area (TPSA) is 111 Å². The van der Waals surface area contributed by atoms with Gasteiger partial charge in [0.05, 0.1) is 29.4 Å². The van der Waals surface area contributed by atoms with Crippen LogP contribution in [-0.4, -0.2) is 41.9 Å². The van der Waals surface area contributed by atoms with Gasteiger partial charge in [0.2, 0.25) is 0 Å². The summed E-state index contributed by atoms with van der Waals surface area (Å²) >= 11 is 0. The zero-order chi connectivity index (χ0) is 15.3. The number of non-ortho nitro benzene ring substituents is 1. The van der Waals surface area contributed by atoms with Crippen LogP contribution in [-0.2, 0) is 0 Å². The van der Waals surface area contributed by atoms with Crippen LogP contribution in [0, 0.1) is 26.9 Å². The van der Waals surface area contributed by atoms with Crippen molar-refractivity contribution in [2.24, 2.45) is 5.41 Å². The summed E-state index contributed by atoms with van der Waals surface area (Å²) in [7, 11) is 1.70. The second kappa shape index (κ2) is 6.32. The third-order valence-electron chi connectivity index (χ3n) is 3.10. The number of aliphatic hydroxyl groups excluding tert-OH is 2. The number of aliphatic hydroxyl groups is 2. The van der Waals surface area contributed by atoms with Crippen molar-refractivity contribution in [2.45, 2.75) is 6.92 Å². The van der Waals surface area contributed by atoms with E-state index in [9.17, 15) is 20.3 Å². The molecule has 0 aliphatic heterocycles. The molecule has 0 heterocycles. The van der Waals surface area contributed by atoms with Gasteiger partial charge in [-0.1, -0.05) is 6.92 Å². The van der Waals surface area contributed by atoms with Gasteiger partial charge in [0.25, 0.3) is 5.69 Å². The fraction of sp³-hybridized carbons (Fsp3) is 0.462. The smallest absolute Gasteiger partial charge is 0.270 e. The number of nitro benzene ring substituents is 1. The first-order valence-corrected chi connectivity index (χ1v) is 5.98. The summed E-state index contributed by atoms with van der Waals surface area (Å²) in [4.78, 5) is 11.8. The molecule has 0 bridgehead atoms. The van der Waals surface area contributed by atoms with Crippen molar-refractivity contribution >= 4 is 11.4 Å². The first-order valence-electron chi connectivity index (χ1n) is 5.98. The Morgan fingerprint density at radius 1 is 1.45 bits per heavy atom. The first kappa shape index (κ1) is 15.9. The summed E-state index contributed by atoms with van der Waals surface area (Å²) in [5, 5.41) is 38.3. The van der Waals surface area contributed by atoms with E-state index in [-0.39, 0.29) is 24.5 Å². The lowest BCUT2D eigenvalue weighted by molar-refractivity contribution is -0.384. The molecule has 0 fully saturated rings. The van der Waals surface area contributed by atoms with E-state index >= 15 is 0 Å². The lowest BCUT2D eigenvalue weighted by atomic mass is 9.92. The molecule has 1 aromatic rings. The van der Waals surface area contributed by atoms with E-state index < -0.39 is 10.3 Å². The Bertz CT molecular complexity index is 535. The lowest BCUT2D eigenvalue weighted by Gasteiger charge is -2.32. The third kappa shape index (κ3) is 3.44. The molecule has 0 unspecified atom stereocenters. The number of nitrogens with zero attached hydrogens (tertiary/aromatic N) is 3. The number of nitriles is 1. The van der Waals surface area contributed by atoms with Crippen molar-refractivity contribution in [3.63, 3.8) is 0 Å². The van der Waals surface area contributed by atoms with Gasteiger partial charge in [-0.05, 0) is 6.07 Å². The summed E-state index contributed by atoms with van der Waals surface area (Å²) < 4.78 is 0. The van der Waals surface area contributed by atoms with Crippen LogP contribution in [0.4, 0.5) is 11.4 Å². The van der Waals surface area contributed by atoms with Crippen LogP contribution >= 0.6 is 0 Å². The highest BCUT2D eigenvalue weighted by Gasteiger charge is 2.25. The van der Waals surface area contributed by atoms with E-state index in [1.165, 1.54) is 18.2 Å².